The van der Waals surface area contributed by atoms with E-state index in [4.69, 9.17) is 11.6 Å². The average molecular weight is 239 g/mol. The van der Waals surface area contributed by atoms with Gasteiger partial charge in [0.15, 0.2) is 0 Å². The van der Waals surface area contributed by atoms with Crippen molar-refractivity contribution in [2.24, 2.45) is 5.92 Å². The number of pyridine rings is 1. The van der Waals surface area contributed by atoms with Gasteiger partial charge in [-0.15, -0.1) is 11.6 Å². The second-order valence-corrected chi connectivity index (χ2v) is 4.76. The lowest BCUT2D eigenvalue weighted by molar-refractivity contribution is 0.318. The molecule has 0 aliphatic heterocycles. The Hall–Kier alpha value is -0.760. The molecule has 2 rings (SSSR count). The standard InChI is InChI=1S/C13H19ClN2/c1-2-16(10-11-4-3-5-11)13-7-6-12(8-14)9-15-13/h6-7,9,11H,2-5,8,10H2,1H3. The molecule has 0 radical (unpaired) electrons. The number of alkyl halides is 1. The number of nitrogens with zero attached hydrogens (tertiary/aromatic N) is 2. The molecular formula is C13H19ClN2. The largest absolute Gasteiger partial charge is 0.357 e. The Morgan fingerprint density at radius 3 is 2.69 bits per heavy atom. The molecule has 0 N–H and O–H groups in total. The van der Waals surface area contributed by atoms with E-state index < -0.39 is 0 Å². The fourth-order valence-corrected chi connectivity index (χ4v) is 2.21. The summed E-state index contributed by atoms with van der Waals surface area (Å²) in [5, 5.41) is 0. The molecule has 0 unspecified atom stereocenters. The minimum atomic E-state index is 0.544. The van der Waals surface area contributed by atoms with Crippen molar-refractivity contribution < 1.29 is 0 Å². The number of rotatable bonds is 5. The molecule has 16 heavy (non-hydrogen) atoms. The molecule has 1 aromatic rings. The molecule has 1 heterocycles. The summed E-state index contributed by atoms with van der Waals surface area (Å²) in [5.41, 5.74) is 1.09. The number of hydrogen-bond acceptors (Lipinski definition) is 2. The third-order valence-electron chi connectivity index (χ3n) is 3.37. The third-order valence-corrected chi connectivity index (χ3v) is 3.68. The van der Waals surface area contributed by atoms with Crippen LogP contribution in [0.1, 0.15) is 31.7 Å². The van der Waals surface area contributed by atoms with Gasteiger partial charge >= 0.3 is 0 Å². The Morgan fingerprint density at radius 2 is 2.25 bits per heavy atom. The van der Waals surface area contributed by atoms with E-state index in [0.29, 0.717) is 5.88 Å². The molecular weight excluding hydrogens is 220 g/mol. The first-order valence-corrected chi connectivity index (χ1v) is 6.62. The van der Waals surface area contributed by atoms with Gasteiger partial charge in [-0.2, -0.15) is 0 Å². The van der Waals surface area contributed by atoms with Gasteiger partial charge < -0.3 is 4.90 Å². The van der Waals surface area contributed by atoms with E-state index in [2.05, 4.69) is 28.9 Å². The second kappa shape index (κ2) is 5.53. The molecule has 0 saturated heterocycles. The summed E-state index contributed by atoms with van der Waals surface area (Å²) in [5.74, 6) is 2.51. The maximum absolute atomic E-state index is 5.76. The Kier molecular flexibility index (Phi) is 4.05. The van der Waals surface area contributed by atoms with Crippen molar-refractivity contribution in [2.45, 2.75) is 32.1 Å². The molecule has 0 spiro atoms. The summed E-state index contributed by atoms with van der Waals surface area (Å²) in [6, 6.07) is 4.15. The van der Waals surface area contributed by atoms with E-state index in [0.717, 1.165) is 30.4 Å². The van der Waals surface area contributed by atoms with E-state index >= 15 is 0 Å². The van der Waals surface area contributed by atoms with Crippen LogP contribution >= 0.6 is 11.6 Å². The fourth-order valence-electron chi connectivity index (χ4n) is 2.05. The number of aromatic nitrogens is 1. The molecule has 3 heteroatoms. The minimum Gasteiger partial charge on any atom is -0.357 e. The normalized spacial score (nSPS) is 15.9. The van der Waals surface area contributed by atoms with Crippen LogP contribution in [0.4, 0.5) is 5.82 Å². The lowest BCUT2D eigenvalue weighted by Crippen LogP contribution is -2.32. The second-order valence-electron chi connectivity index (χ2n) is 4.49. The van der Waals surface area contributed by atoms with Crippen molar-refractivity contribution in [1.29, 1.82) is 0 Å². The van der Waals surface area contributed by atoms with Crippen molar-refractivity contribution in [3.05, 3.63) is 23.9 Å². The van der Waals surface area contributed by atoms with Crippen LogP contribution in [0.5, 0.6) is 0 Å². The lowest BCUT2D eigenvalue weighted by Gasteiger charge is -2.32. The smallest absolute Gasteiger partial charge is 0.128 e. The van der Waals surface area contributed by atoms with Gasteiger partial charge in [0.2, 0.25) is 0 Å². The van der Waals surface area contributed by atoms with Crippen LogP contribution in [-0.4, -0.2) is 18.1 Å². The highest BCUT2D eigenvalue weighted by atomic mass is 35.5. The van der Waals surface area contributed by atoms with Crippen LogP contribution in [0.15, 0.2) is 18.3 Å². The van der Waals surface area contributed by atoms with Crippen LogP contribution in [0.25, 0.3) is 0 Å². The fraction of sp³-hybridized carbons (Fsp3) is 0.615. The Labute approximate surface area is 103 Å². The van der Waals surface area contributed by atoms with Crippen molar-refractivity contribution >= 4 is 17.4 Å². The predicted molar refractivity (Wildman–Crippen MR) is 69.0 cm³/mol. The number of halogens is 1. The number of anilines is 1. The Balaban J connectivity index is 2.00. The van der Waals surface area contributed by atoms with E-state index in [1.54, 1.807) is 0 Å². The van der Waals surface area contributed by atoms with Gasteiger partial charge in [0, 0.05) is 25.2 Å². The zero-order valence-corrected chi connectivity index (χ0v) is 10.6. The molecule has 2 nitrogen and oxygen atoms in total. The first-order valence-electron chi connectivity index (χ1n) is 6.09. The number of hydrogen-bond donors (Lipinski definition) is 0. The SMILES string of the molecule is CCN(CC1CCC1)c1ccc(CCl)cn1. The molecule has 1 saturated carbocycles. The van der Waals surface area contributed by atoms with Crippen LogP contribution < -0.4 is 4.90 Å². The molecule has 1 aliphatic rings. The highest BCUT2D eigenvalue weighted by molar-refractivity contribution is 6.17. The highest BCUT2D eigenvalue weighted by Gasteiger charge is 2.20. The summed E-state index contributed by atoms with van der Waals surface area (Å²) in [4.78, 5) is 6.84. The van der Waals surface area contributed by atoms with Crippen molar-refractivity contribution in [3.63, 3.8) is 0 Å². The average Bonchev–Trinajstić information content (AvgIpc) is 2.28. The van der Waals surface area contributed by atoms with Gasteiger partial charge in [-0.25, -0.2) is 4.98 Å². The summed E-state index contributed by atoms with van der Waals surface area (Å²) in [6.07, 6.45) is 6.05. The molecule has 0 aromatic carbocycles. The van der Waals surface area contributed by atoms with Gasteiger partial charge in [0.1, 0.15) is 5.82 Å². The monoisotopic (exact) mass is 238 g/mol. The van der Waals surface area contributed by atoms with Crippen LogP contribution in [0.2, 0.25) is 0 Å². The quantitative estimate of drug-likeness (QED) is 0.731. The maximum Gasteiger partial charge on any atom is 0.128 e. The summed E-state index contributed by atoms with van der Waals surface area (Å²) >= 11 is 5.76. The van der Waals surface area contributed by atoms with Crippen LogP contribution in [0, 0.1) is 5.92 Å². The zero-order chi connectivity index (χ0) is 11.4. The third kappa shape index (κ3) is 2.67. The zero-order valence-electron chi connectivity index (χ0n) is 9.82. The van der Waals surface area contributed by atoms with Gasteiger partial charge in [-0.05, 0) is 37.3 Å². The molecule has 1 aromatic heterocycles. The van der Waals surface area contributed by atoms with Gasteiger partial charge in [-0.1, -0.05) is 12.5 Å². The van der Waals surface area contributed by atoms with E-state index in [-0.39, 0.29) is 0 Å². The predicted octanol–water partition coefficient (Wildman–Crippen LogP) is 3.45. The highest BCUT2D eigenvalue weighted by Crippen LogP contribution is 2.28. The first-order chi connectivity index (χ1) is 7.83. The van der Waals surface area contributed by atoms with Crippen molar-refractivity contribution in [3.8, 4) is 0 Å². The van der Waals surface area contributed by atoms with Crippen molar-refractivity contribution in [2.75, 3.05) is 18.0 Å². The molecule has 88 valence electrons. The van der Waals surface area contributed by atoms with Gasteiger partial charge in [-0.3, -0.25) is 0 Å². The van der Waals surface area contributed by atoms with E-state index in [9.17, 15) is 0 Å². The van der Waals surface area contributed by atoms with E-state index in [1.807, 2.05) is 6.20 Å². The summed E-state index contributed by atoms with van der Waals surface area (Å²) in [6.45, 7) is 4.38. The topological polar surface area (TPSA) is 16.1 Å². The first kappa shape index (κ1) is 11.7. The van der Waals surface area contributed by atoms with E-state index in [1.165, 1.54) is 19.3 Å². The Bertz CT molecular complexity index is 319. The minimum absolute atomic E-state index is 0.544. The molecule has 0 amide bonds. The molecule has 1 fully saturated rings. The van der Waals surface area contributed by atoms with Crippen LogP contribution in [0.3, 0.4) is 0 Å². The summed E-state index contributed by atoms with van der Waals surface area (Å²) < 4.78 is 0. The Morgan fingerprint density at radius 1 is 1.44 bits per heavy atom. The van der Waals surface area contributed by atoms with Crippen LogP contribution in [-0.2, 0) is 5.88 Å². The van der Waals surface area contributed by atoms with Gasteiger partial charge in [0.05, 0.1) is 0 Å². The molecule has 0 bridgehead atoms. The lowest BCUT2D eigenvalue weighted by atomic mass is 9.85. The maximum atomic E-state index is 5.76. The molecule has 0 atom stereocenters. The molecule has 1 aliphatic carbocycles. The summed E-state index contributed by atoms with van der Waals surface area (Å²) in [7, 11) is 0. The van der Waals surface area contributed by atoms with Gasteiger partial charge in [0.25, 0.3) is 0 Å². The van der Waals surface area contributed by atoms with Crippen molar-refractivity contribution in [1.82, 2.24) is 4.98 Å².